The van der Waals surface area contributed by atoms with E-state index in [1.807, 2.05) is 30.3 Å². The monoisotopic (exact) mass is 254 g/mol. The Bertz CT molecular complexity index is 621. The maximum Gasteiger partial charge on any atom is 0.248 e. The SMILES string of the molecule is NC(=O)c1ccc(C(N)=O)c(Cc2ccccc2)c1. The summed E-state index contributed by atoms with van der Waals surface area (Å²) in [5.41, 5.74) is 13.1. The van der Waals surface area contributed by atoms with Crippen LogP contribution in [0.3, 0.4) is 0 Å². The average Bonchev–Trinajstić information content (AvgIpc) is 2.39. The zero-order chi connectivity index (χ0) is 13.8. The van der Waals surface area contributed by atoms with Crippen molar-refractivity contribution in [2.75, 3.05) is 0 Å². The lowest BCUT2D eigenvalue weighted by Crippen LogP contribution is -2.16. The van der Waals surface area contributed by atoms with Crippen molar-refractivity contribution in [1.82, 2.24) is 0 Å². The Morgan fingerprint density at radius 3 is 2.16 bits per heavy atom. The molecule has 4 heteroatoms. The first-order chi connectivity index (χ1) is 9.08. The molecule has 2 rings (SSSR count). The zero-order valence-electron chi connectivity index (χ0n) is 10.3. The fraction of sp³-hybridized carbons (Fsp3) is 0.0667. The summed E-state index contributed by atoms with van der Waals surface area (Å²) >= 11 is 0. The van der Waals surface area contributed by atoms with Gasteiger partial charge in [0.2, 0.25) is 11.8 Å². The van der Waals surface area contributed by atoms with Gasteiger partial charge in [0.25, 0.3) is 0 Å². The molecule has 19 heavy (non-hydrogen) atoms. The van der Waals surface area contributed by atoms with Gasteiger partial charge in [-0.1, -0.05) is 30.3 Å². The fourth-order valence-corrected chi connectivity index (χ4v) is 1.95. The highest BCUT2D eigenvalue weighted by Gasteiger charge is 2.11. The molecule has 0 aromatic heterocycles. The predicted molar refractivity (Wildman–Crippen MR) is 72.7 cm³/mol. The molecule has 0 aliphatic rings. The van der Waals surface area contributed by atoms with Crippen LogP contribution in [0.25, 0.3) is 0 Å². The topological polar surface area (TPSA) is 86.2 Å². The lowest BCUT2D eigenvalue weighted by Gasteiger charge is -2.08. The van der Waals surface area contributed by atoms with E-state index in [0.29, 0.717) is 23.1 Å². The quantitative estimate of drug-likeness (QED) is 0.865. The molecule has 2 amide bonds. The van der Waals surface area contributed by atoms with Gasteiger partial charge in [0.15, 0.2) is 0 Å². The largest absolute Gasteiger partial charge is 0.366 e. The third kappa shape index (κ3) is 2.98. The minimum atomic E-state index is -0.523. The second-order valence-corrected chi connectivity index (χ2v) is 4.26. The summed E-state index contributed by atoms with van der Waals surface area (Å²) in [6.45, 7) is 0. The molecule has 0 atom stereocenters. The second-order valence-electron chi connectivity index (χ2n) is 4.26. The van der Waals surface area contributed by atoms with Crippen molar-refractivity contribution in [3.8, 4) is 0 Å². The molecule has 0 bridgehead atoms. The highest BCUT2D eigenvalue weighted by Crippen LogP contribution is 2.16. The van der Waals surface area contributed by atoms with E-state index in [1.54, 1.807) is 12.1 Å². The van der Waals surface area contributed by atoms with Crippen molar-refractivity contribution in [2.24, 2.45) is 11.5 Å². The number of nitrogens with two attached hydrogens (primary N) is 2. The Labute approximate surface area is 111 Å². The van der Waals surface area contributed by atoms with Crippen LogP contribution in [0.2, 0.25) is 0 Å². The summed E-state index contributed by atoms with van der Waals surface area (Å²) < 4.78 is 0. The van der Waals surface area contributed by atoms with Crippen LogP contribution in [0.4, 0.5) is 0 Å². The number of hydrogen-bond acceptors (Lipinski definition) is 2. The van der Waals surface area contributed by atoms with E-state index in [1.165, 1.54) is 6.07 Å². The Hall–Kier alpha value is -2.62. The maximum atomic E-state index is 11.4. The van der Waals surface area contributed by atoms with Crippen molar-refractivity contribution in [3.05, 3.63) is 70.8 Å². The smallest absolute Gasteiger partial charge is 0.248 e. The van der Waals surface area contributed by atoms with E-state index < -0.39 is 11.8 Å². The fourth-order valence-electron chi connectivity index (χ4n) is 1.95. The Morgan fingerprint density at radius 1 is 0.895 bits per heavy atom. The second kappa shape index (κ2) is 5.35. The van der Waals surface area contributed by atoms with E-state index in [0.717, 1.165) is 5.56 Å². The molecule has 0 aliphatic carbocycles. The lowest BCUT2D eigenvalue weighted by molar-refractivity contribution is 0.0987. The van der Waals surface area contributed by atoms with Gasteiger partial charge in [0.1, 0.15) is 0 Å². The number of hydrogen-bond donors (Lipinski definition) is 2. The van der Waals surface area contributed by atoms with Gasteiger partial charge >= 0.3 is 0 Å². The molecule has 0 radical (unpaired) electrons. The van der Waals surface area contributed by atoms with Gasteiger partial charge in [-0.15, -0.1) is 0 Å². The molecule has 96 valence electrons. The zero-order valence-corrected chi connectivity index (χ0v) is 10.3. The molecule has 0 unspecified atom stereocenters. The maximum absolute atomic E-state index is 11.4. The summed E-state index contributed by atoms with van der Waals surface area (Å²) in [6.07, 6.45) is 0.528. The van der Waals surface area contributed by atoms with Gasteiger partial charge in [0.05, 0.1) is 0 Å². The normalized spacial score (nSPS) is 10.1. The van der Waals surface area contributed by atoms with Gasteiger partial charge < -0.3 is 11.5 Å². The third-order valence-corrected chi connectivity index (χ3v) is 2.89. The summed E-state index contributed by atoms with van der Waals surface area (Å²) in [4.78, 5) is 22.6. The third-order valence-electron chi connectivity index (χ3n) is 2.89. The molecule has 0 aliphatic heterocycles. The predicted octanol–water partition coefficient (Wildman–Crippen LogP) is 1.48. The van der Waals surface area contributed by atoms with Crippen molar-refractivity contribution in [3.63, 3.8) is 0 Å². The van der Waals surface area contributed by atoms with Gasteiger partial charge in [0, 0.05) is 11.1 Å². The van der Waals surface area contributed by atoms with Crippen LogP contribution in [0.5, 0.6) is 0 Å². The Balaban J connectivity index is 2.43. The molecular formula is C15H14N2O2. The van der Waals surface area contributed by atoms with E-state index >= 15 is 0 Å². The molecule has 0 spiro atoms. The first-order valence-corrected chi connectivity index (χ1v) is 5.84. The minimum absolute atomic E-state index is 0.371. The van der Waals surface area contributed by atoms with Gasteiger partial charge in [-0.3, -0.25) is 9.59 Å². The lowest BCUT2D eigenvalue weighted by atomic mass is 9.97. The van der Waals surface area contributed by atoms with Gasteiger partial charge in [-0.05, 0) is 35.7 Å². The van der Waals surface area contributed by atoms with Crippen LogP contribution in [-0.4, -0.2) is 11.8 Å². The number of amides is 2. The minimum Gasteiger partial charge on any atom is -0.366 e. The first-order valence-electron chi connectivity index (χ1n) is 5.84. The molecule has 2 aromatic rings. The molecular weight excluding hydrogens is 240 g/mol. The molecule has 0 saturated carbocycles. The van der Waals surface area contributed by atoms with E-state index in [2.05, 4.69) is 0 Å². The molecule has 4 nitrogen and oxygen atoms in total. The summed E-state index contributed by atoms with van der Waals surface area (Å²) in [5, 5.41) is 0. The number of primary amides is 2. The van der Waals surface area contributed by atoms with Gasteiger partial charge in [-0.2, -0.15) is 0 Å². The Kier molecular flexibility index (Phi) is 3.61. The van der Waals surface area contributed by atoms with Crippen molar-refractivity contribution in [2.45, 2.75) is 6.42 Å². The van der Waals surface area contributed by atoms with Crippen LogP contribution in [-0.2, 0) is 6.42 Å². The van der Waals surface area contributed by atoms with Gasteiger partial charge in [-0.25, -0.2) is 0 Å². The highest BCUT2D eigenvalue weighted by atomic mass is 16.1. The standard InChI is InChI=1S/C15H14N2O2/c16-14(18)11-6-7-13(15(17)19)12(9-11)8-10-4-2-1-3-5-10/h1-7,9H,8H2,(H2,16,18)(H2,17,19). The Morgan fingerprint density at radius 2 is 1.58 bits per heavy atom. The molecule has 0 saturated heterocycles. The average molecular weight is 254 g/mol. The van der Waals surface area contributed by atoms with E-state index in [4.69, 9.17) is 11.5 Å². The number of benzene rings is 2. The van der Waals surface area contributed by atoms with Crippen molar-refractivity contribution in [1.29, 1.82) is 0 Å². The number of rotatable bonds is 4. The molecule has 2 aromatic carbocycles. The molecule has 4 N–H and O–H groups in total. The number of carbonyl (C=O) groups is 2. The van der Waals surface area contributed by atoms with Crippen LogP contribution < -0.4 is 11.5 Å². The highest BCUT2D eigenvalue weighted by molar-refractivity contribution is 5.98. The van der Waals surface area contributed by atoms with E-state index in [9.17, 15) is 9.59 Å². The van der Waals surface area contributed by atoms with Crippen LogP contribution in [0.1, 0.15) is 31.8 Å². The van der Waals surface area contributed by atoms with Crippen molar-refractivity contribution < 1.29 is 9.59 Å². The van der Waals surface area contributed by atoms with Crippen molar-refractivity contribution >= 4 is 11.8 Å². The summed E-state index contributed by atoms with van der Waals surface area (Å²) in [6, 6.07) is 14.3. The summed E-state index contributed by atoms with van der Waals surface area (Å²) in [7, 11) is 0. The molecule has 0 fully saturated rings. The van der Waals surface area contributed by atoms with E-state index in [-0.39, 0.29) is 0 Å². The summed E-state index contributed by atoms with van der Waals surface area (Å²) in [5.74, 6) is -1.03. The van der Waals surface area contributed by atoms with Crippen LogP contribution >= 0.6 is 0 Å². The van der Waals surface area contributed by atoms with Crippen LogP contribution in [0.15, 0.2) is 48.5 Å². The number of carbonyl (C=O) groups excluding carboxylic acids is 2. The van der Waals surface area contributed by atoms with Crippen LogP contribution in [0, 0.1) is 0 Å². The first kappa shape index (κ1) is 12.8. The molecule has 0 heterocycles.